The van der Waals surface area contributed by atoms with Crippen molar-refractivity contribution >= 4 is 0 Å². The first-order valence-electron chi connectivity index (χ1n) is 8.71. The van der Waals surface area contributed by atoms with Gasteiger partial charge in [0.05, 0.1) is 19.0 Å². The molecule has 0 fully saturated rings. The molecule has 0 radical (unpaired) electrons. The van der Waals surface area contributed by atoms with Gasteiger partial charge in [-0.1, -0.05) is 18.2 Å². The molecule has 1 N–H and O–H groups in total. The molecule has 1 aromatic carbocycles. The molecule has 0 aliphatic rings. The average molecular weight is 374 g/mol. The van der Waals surface area contributed by atoms with Gasteiger partial charge < -0.3 is 5.11 Å². The van der Waals surface area contributed by atoms with Crippen LogP contribution in [0.2, 0.25) is 0 Å². The molecule has 0 unspecified atom stereocenters. The van der Waals surface area contributed by atoms with Gasteiger partial charge in [0.2, 0.25) is 5.43 Å². The Bertz CT molecular complexity index is 1160. The second kappa shape index (κ2) is 7.53. The lowest BCUT2D eigenvalue weighted by Crippen LogP contribution is -2.16. The van der Waals surface area contributed by atoms with Gasteiger partial charge in [0.15, 0.2) is 5.82 Å². The first-order valence-corrected chi connectivity index (χ1v) is 8.71. The number of hydrogen-bond donors (Lipinski definition) is 1. The predicted molar refractivity (Wildman–Crippen MR) is 103 cm³/mol. The fourth-order valence-electron chi connectivity index (χ4n) is 2.84. The number of benzene rings is 1. The summed E-state index contributed by atoms with van der Waals surface area (Å²) in [6, 6.07) is 9.20. The van der Waals surface area contributed by atoms with Crippen molar-refractivity contribution in [1.82, 2.24) is 29.5 Å². The van der Waals surface area contributed by atoms with Crippen molar-refractivity contribution in [1.29, 1.82) is 0 Å². The highest BCUT2D eigenvalue weighted by molar-refractivity contribution is 5.56. The van der Waals surface area contributed by atoms with Gasteiger partial charge in [-0.05, 0) is 11.6 Å². The normalized spacial score (nSPS) is 10.9. The van der Waals surface area contributed by atoms with E-state index in [9.17, 15) is 4.79 Å². The van der Waals surface area contributed by atoms with Crippen LogP contribution in [-0.4, -0.2) is 34.6 Å². The molecule has 3 aromatic heterocycles. The van der Waals surface area contributed by atoms with Crippen molar-refractivity contribution in [3.63, 3.8) is 0 Å². The van der Waals surface area contributed by atoms with Crippen LogP contribution in [0.25, 0.3) is 17.1 Å². The maximum atomic E-state index is 12.3. The summed E-state index contributed by atoms with van der Waals surface area (Å²) in [5.74, 6) is 0.563. The molecule has 0 bridgehead atoms. The van der Waals surface area contributed by atoms with E-state index in [0.717, 1.165) is 16.8 Å². The Balaban J connectivity index is 1.63. The molecule has 0 saturated heterocycles. The largest absolute Gasteiger partial charge is 0.392 e. The monoisotopic (exact) mass is 374 g/mol. The van der Waals surface area contributed by atoms with Crippen molar-refractivity contribution in [2.24, 2.45) is 7.05 Å². The molecule has 140 valence electrons. The summed E-state index contributed by atoms with van der Waals surface area (Å²) in [5, 5.41) is 17.7. The number of hydrogen-bond acceptors (Lipinski definition) is 6. The number of aliphatic hydroxyl groups is 1. The maximum absolute atomic E-state index is 12.3. The summed E-state index contributed by atoms with van der Waals surface area (Å²) in [5.41, 5.74) is 3.54. The van der Waals surface area contributed by atoms with Crippen LogP contribution >= 0.6 is 0 Å². The summed E-state index contributed by atoms with van der Waals surface area (Å²) >= 11 is 0. The van der Waals surface area contributed by atoms with Crippen LogP contribution in [0.1, 0.15) is 16.8 Å². The summed E-state index contributed by atoms with van der Waals surface area (Å²) in [6.45, 7) is -0.0940. The summed E-state index contributed by atoms with van der Waals surface area (Å²) in [6.07, 6.45) is 8.74. The summed E-state index contributed by atoms with van der Waals surface area (Å²) in [4.78, 5) is 20.9. The van der Waals surface area contributed by atoms with Gasteiger partial charge in [-0.15, -0.1) is 0 Å². The van der Waals surface area contributed by atoms with Crippen LogP contribution in [0.4, 0.5) is 0 Å². The quantitative estimate of drug-likeness (QED) is 0.568. The van der Waals surface area contributed by atoms with E-state index in [4.69, 9.17) is 5.11 Å². The molecule has 28 heavy (non-hydrogen) atoms. The van der Waals surface area contributed by atoms with Crippen LogP contribution in [-0.2, 0) is 20.1 Å². The molecular formula is C20H18N6O2. The summed E-state index contributed by atoms with van der Waals surface area (Å²) in [7, 11) is 1.83. The number of aromatic nitrogens is 6. The van der Waals surface area contributed by atoms with E-state index in [2.05, 4.69) is 20.2 Å². The highest BCUT2D eigenvalue weighted by atomic mass is 16.3. The van der Waals surface area contributed by atoms with Gasteiger partial charge in [-0.3, -0.25) is 9.48 Å². The summed E-state index contributed by atoms with van der Waals surface area (Å²) < 4.78 is 3.32. The van der Waals surface area contributed by atoms with E-state index in [1.54, 1.807) is 34.2 Å². The Morgan fingerprint density at radius 2 is 1.89 bits per heavy atom. The Morgan fingerprint density at radius 3 is 2.61 bits per heavy atom. The topological polar surface area (TPSA) is 98.7 Å². The molecule has 4 rings (SSSR count). The van der Waals surface area contributed by atoms with Crippen LogP contribution in [0.5, 0.6) is 0 Å². The maximum Gasteiger partial charge on any atom is 0.203 e. The lowest BCUT2D eigenvalue weighted by molar-refractivity contribution is 0.281. The molecule has 4 aromatic rings. The highest BCUT2D eigenvalue weighted by Crippen LogP contribution is 2.17. The molecule has 8 nitrogen and oxygen atoms in total. The standard InChI is InChI=1S/C20H18N6O2/c1-25-12-17(11-23-25)26-6-5-19(28)18(24-26)8-14-3-2-4-16(7-14)20-21-9-15(13-27)10-22-20/h2-7,9-12,27H,8,13H2,1H3. The van der Waals surface area contributed by atoms with Crippen molar-refractivity contribution in [2.75, 3.05) is 0 Å². The molecule has 3 heterocycles. The SMILES string of the molecule is Cn1cc(-n2ccc(=O)c(Cc3cccc(-c4ncc(CO)cn4)c3)n2)cn1. The Hall–Kier alpha value is -3.65. The van der Waals surface area contributed by atoms with E-state index in [-0.39, 0.29) is 12.0 Å². The first-order chi connectivity index (χ1) is 13.6. The second-order valence-electron chi connectivity index (χ2n) is 6.39. The average Bonchev–Trinajstić information content (AvgIpc) is 3.16. The van der Waals surface area contributed by atoms with Gasteiger partial charge in [0.25, 0.3) is 0 Å². The Kier molecular flexibility index (Phi) is 4.77. The fraction of sp³-hybridized carbons (Fsp3) is 0.150. The van der Waals surface area contributed by atoms with Gasteiger partial charge in [0, 0.05) is 49.3 Å². The van der Waals surface area contributed by atoms with Crippen LogP contribution in [0.15, 0.2) is 66.1 Å². The molecule has 0 aliphatic carbocycles. The second-order valence-corrected chi connectivity index (χ2v) is 6.39. The number of aliphatic hydroxyl groups excluding tert-OH is 1. The molecule has 0 amide bonds. The molecule has 0 aliphatic heterocycles. The number of aryl methyl sites for hydroxylation is 1. The third-order valence-electron chi connectivity index (χ3n) is 4.28. The zero-order valence-corrected chi connectivity index (χ0v) is 15.2. The van der Waals surface area contributed by atoms with Gasteiger partial charge in [0.1, 0.15) is 11.4 Å². The van der Waals surface area contributed by atoms with Crippen LogP contribution < -0.4 is 5.43 Å². The number of rotatable bonds is 5. The van der Waals surface area contributed by atoms with Crippen molar-refractivity contribution in [2.45, 2.75) is 13.0 Å². The Labute approximate surface area is 160 Å². The predicted octanol–water partition coefficient (Wildman–Crippen LogP) is 1.51. The third-order valence-corrected chi connectivity index (χ3v) is 4.28. The van der Waals surface area contributed by atoms with Crippen LogP contribution in [0, 0.1) is 0 Å². The lowest BCUT2D eigenvalue weighted by Gasteiger charge is -2.07. The zero-order chi connectivity index (χ0) is 19.5. The molecular weight excluding hydrogens is 356 g/mol. The zero-order valence-electron chi connectivity index (χ0n) is 15.2. The molecule has 0 saturated carbocycles. The molecule has 0 atom stereocenters. The Morgan fingerprint density at radius 1 is 1.07 bits per heavy atom. The fourth-order valence-corrected chi connectivity index (χ4v) is 2.84. The first kappa shape index (κ1) is 17.7. The smallest absolute Gasteiger partial charge is 0.203 e. The lowest BCUT2D eigenvalue weighted by atomic mass is 10.1. The molecule has 8 heteroatoms. The van der Waals surface area contributed by atoms with E-state index in [1.165, 1.54) is 6.07 Å². The van der Waals surface area contributed by atoms with Crippen molar-refractivity contribution in [3.8, 4) is 17.1 Å². The van der Waals surface area contributed by atoms with Gasteiger partial charge in [-0.25, -0.2) is 14.6 Å². The highest BCUT2D eigenvalue weighted by Gasteiger charge is 2.08. The third kappa shape index (κ3) is 3.72. The van der Waals surface area contributed by atoms with Gasteiger partial charge in [-0.2, -0.15) is 10.2 Å². The molecule has 0 spiro atoms. The van der Waals surface area contributed by atoms with E-state index >= 15 is 0 Å². The van der Waals surface area contributed by atoms with Crippen molar-refractivity contribution < 1.29 is 5.11 Å². The minimum absolute atomic E-state index is 0.0940. The van der Waals surface area contributed by atoms with E-state index in [0.29, 0.717) is 23.5 Å². The van der Waals surface area contributed by atoms with E-state index in [1.807, 2.05) is 37.5 Å². The minimum Gasteiger partial charge on any atom is -0.392 e. The van der Waals surface area contributed by atoms with E-state index < -0.39 is 0 Å². The van der Waals surface area contributed by atoms with Crippen molar-refractivity contribution in [3.05, 3.63) is 88.4 Å². The minimum atomic E-state index is -0.117. The van der Waals surface area contributed by atoms with Gasteiger partial charge >= 0.3 is 0 Å². The number of nitrogens with zero attached hydrogens (tertiary/aromatic N) is 6. The van der Waals surface area contributed by atoms with Crippen LogP contribution in [0.3, 0.4) is 0 Å².